The van der Waals surface area contributed by atoms with Crippen molar-refractivity contribution >= 4 is 22.7 Å². The van der Waals surface area contributed by atoms with E-state index in [-0.39, 0.29) is 5.82 Å². The quantitative estimate of drug-likeness (QED) is 0.495. The predicted molar refractivity (Wildman–Crippen MR) is 110 cm³/mol. The molecule has 0 aliphatic carbocycles. The van der Waals surface area contributed by atoms with Gasteiger partial charge in [0.25, 0.3) is 0 Å². The van der Waals surface area contributed by atoms with Crippen molar-refractivity contribution in [3.05, 3.63) is 60.4 Å². The Morgan fingerprint density at radius 1 is 1.10 bits per heavy atom. The number of aromatic nitrogens is 6. The molecular weight excluding hydrogens is 371 g/mol. The highest BCUT2D eigenvalue weighted by molar-refractivity contribution is 5.75. The summed E-state index contributed by atoms with van der Waals surface area (Å²) in [5.74, 6) is 0.186. The van der Waals surface area contributed by atoms with Gasteiger partial charge in [0, 0.05) is 24.5 Å². The summed E-state index contributed by atoms with van der Waals surface area (Å²) in [6.07, 6.45) is 8.09. The van der Waals surface area contributed by atoms with Crippen LogP contribution in [0, 0.1) is 5.82 Å². The van der Waals surface area contributed by atoms with Crippen molar-refractivity contribution in [2.24, 2.45) is 0 Å². The fourth-order valence-electron chi connectivity index (χ4n) is 3.06. The topological polar surface area (TPSA) is 76.7 Å². The van der Waals surface area contributed by atoms with E-state index in [4.69, 9.17) is 0 Å². The van der Waals surface area contributed by atoms with Crippen molar-refractivity contribution in [1.29, 1.82) is 0 Å². The predicted octanol–water partition coefficient (Wildman–Crippen LogP) is 2.91. The van der Waals surface area contributed by atoms with Crippen LogP contribution in [0.5, 0.6) is 0 Å². The second-order valence-electron chi connectivity index (χ2n) is 7.14. The molecule has 0 aliphatic rings. The summed E-state index contributed by atoms with van der Waals surface area (Å²) in [5, 5.41) is 12.7. The van der Waals surface area contributed by atoms with Crippen LogP contribution in [-0.4, -0.2) is 55.1 Å². The van der Waals surface area contributed by atoms with Crippen molar-refractivity contribution in [1.82, 2.24) is 34.4 Å². The zero-order valence-corrected chi connectivity index (χ0v) is 16.5. The van der Waals surface area contributed by atoms with E-state index in [0.29, 0.717) is 23.7 Å². The number of fused-ring (bicyclic) bond motifs is 1. The van der Waals surface area contributed by atoms with Gasteiger partial charge in [-0.2, -0.15) is 15.2 Å². The Bertz CT molecular complexity index is 1100. The molecule has 150 valence electrons. The molecule has 0 spiro atoms. The highest BCUT2D eigenvalue weighted by atomic mass is 19.1. The molecule has 0 fully saturated rings. The molecule has 8 nitrogen and oxygen atoms in total. The Labute approximate surface area is 168 Å². The van der Waals surface area contributed by atoms with E-state index in [9.17, 15) is 4.39 Å². The van der Waals surface area contributed by atoms with Crippen molar-refractivity contribution in [2.75, 3.05) is 26.0 Å². The molecule has 1 N–H and O–H groups in total. The average molecular weight is 394 g/mol. The van der Waals surface area contributed by atoms with Crippen molar-refractivity contribution < 1.29 is 4.39 Å². The van der Waals surface area contributed by atoms with E-state index in [2.05, 4.69) is 44.5 Å². The Balaban J connectivity index is 1.49. The minimum absolute atomic E-state index is 0.259. The van der Waals surface area contributed by atoms with E-state index in [1.54, 1.807) is 35.4 Å². The Hall–Kier alpha value is -3.33. The van der Waals surface area contributed by atoms with Crippen molar-refractivity contribution in [3.63, 3.8) is 0 Å². The lowest BCUT2D eigenvalue weighted by Crippen LogP contribution is -2.15. The van der Waals surface area contributed by atoms with E-state index in [0.717, 1.165) is 30.6 Å². The normalized spacial score (nSPS) is 11.4. The number of rotatable bonds is 8. The smallest absolute Gasteiger partial charge is 0.229 e. The van der Waals surface area contributed by atoms with Crippen LogP contribution in [0.2, 0.25) is 0 Å². The molecule has 0 radical (unpaired) electrons. The largest absolute Gasteiger partial charge is 0.321 e. The van der Waals surface area contributed by atoms with Crippen LogP contribution in [0.25, 0.3) is 11.0 Å². The minimum atomic E-state index is -0.259. The number of benzene rings is 1. The first kappa shape index (κ1) is 19.0. The van der Waals surface area contributed by atoms with Crippen LogP contribution in [-0.2, 0) is 13.1 Å². The first-order chi connectivity index (χ1) is 14.1. The Kier molecular flexibility index (Phi) is 5.48. The highest BCUT2D eigenvalue weighted by Crippen LogP contribution is 2.18. The van der Waals surface area contributed by atoms with Gasteiger partial charge in [-0.3, -0.25) is 4.68 Å². The molecule has 0 atom stereocenters. The summed E-state index contributed by atoms with van der Waals surface area (Å²) < 4.78 is 17.6. The summed E-state index contributed by atoms with van der Waals surface area (Å²) >= 11 is 0. The lowest BCUT2D eigenvalue weighted by molar-refractivity contribution is 0.380. The second kappa shape index (κ2) is 8.36. The summed E-state index contributed by atoms with van der Waals surface area (Å²) in [6.45, 7) is 2.15. The van der Waals surface area contributed by atoms with Gasteiger partial charge < -0.3 is 10.2 Å². The van der Waals surface area contributed by atoms with E-state index >= 15 is 0 Å². The third-order valence-electron chi connectivity index (χ3n) is 4.54. The average Bonchev–Trinajstić information content (AvgIpc) is 3.30. The number of halogens is 1. The van der Waals surface area contributed by atoms with Gasteiger partial charge >= 0.3 is 0 Å². The Morgan fingerprint density at radius 2 is 1.97 bits per heavy atom. The van der Waals surface area contributed by atoms with Crippen LogP contribution in [0.1, 0.15) is 12.0 Å². The van der Waals surface area contributed by atoms with Crippen LogP contribution in [0.15, 0.2) is 49.1 Å². The zero-order valence-electron chi connectivity index (χ0n) is 16.5. The van der Waals surface area contributed by atoms with Gasteiger partial charge in [0.05, 0.1) is 30.0 Å². The van der Waals surface area contributed by atoms with Gasteiger partial charge in [-0.25, -0.2) is 14.1 Å². The maximum absolute atomic E-state index is 14.0. The van der Waals surface area contributed by atoms with Gasteiger partial charge in [-0.1, -0.05) is 18.2 Å². The highest BCUT2D eigenvalue weighted by Gasteiger charge is 2.10. The minimum Gasteiger partial charge on any atom is -0.321 e. The monoisotopic (exact) mass is 394 g/mol. The fraction of sp³-hybridized carbons (Fsp3) is 0.300. The van der Waals surface area contributed by atoms with Crippen LogP contribution >= 0.6 is 0 Å². The van der Waals surface area contributed by atoms with E-state index in [1.165, 1.54) is 6.07 Å². The number of hydrogen-bond acceptors (Lipinski definition) is 6. The fourth-order valence-corrected chi connectivity index (χ4v) is 3.06. The molecule has 0 bridgehead atoms. The van der Waals surface area contributed by atoms with Crippen LogP contribution in [0.3, 0.4) is 0 Å². The molecule has 1 aromatic carbocycles. The third kappa shape index (κ3) is 4.57. The maximum atomic E-state index is 14.0. The van der Waals surface area contributed by atoms with Crippen LogP contribution < -0.4 is 5.32 Å². The molecule has 0 amide bonds. The summed E-state index contributed by atoms with van der Waals surface area (Å²) in [5.41, 5.74) is 2.02. The maximum Gasteiger partial charge on any atom is 0.229 e. The molecule has 3 heterocycles. The second-order valence-corrected chi connectivity index (χ2v) is 7.14. The molecule has 0 saturated heterocycles. The number of hydrogen-bond donors (Lipinski definition) is 1. The lowest BCUT2D eigenvalue weighted by atomic mass is 10.2. The standard InChI is InChI=1S/C20H23FN8/c1-27(2)8-5-9-28-14-17(12-23-28)25-20-22-10-16-11-24-29(19(16)26-20)13-15-6-3-4-7-18(15)21/h3-4,6-7,10-12,14H,5,8-9,13H2,1-2H3,(H,22,25,26). The molecule has 4 aromatic rings. The summed E-state index contributed by atoms with van der Waals surface area (Å²) in [4.78, 5) is 11.1. The summed E-state index contributed by atoms with van der Waals surface area (Å²) in [7, 11) is 4.11. The molecule has 0 aliphatic heterocycles. The number of nitrogens with zero attached hydrogens (tertiary/aromatic N) is 7. The number of anilines is 2. The molecule has 0 saturated carbocycles. The number of nitrogens with one attached hydrogen (secondary N) is 1. The van der Waals surface area contributed by atoms with Crippen LogP contribution in [0.4, 0.5) is 16.0 Å². The molecular formula is C20H23FN8. The third-order valence-corrected chi connectivity index (χ3v) is 4.54. The SMILES string of the molecule is CN(C)CCCn1cc(Nc2ncc3cnn(Cc4ccccc4F)c3n2)cn1. The summed E-state index contributed by atoms with van der Waals surface area (Å²) in [6, 6.07) is 6.67. The lowest BCUT2D eigenvalue weighted by Gasteiger charge is -2.08. The molecule has 29 heavy (non-hydrogen) atoms. The van der Waals surface area contributed by atoms with E-state index in [1.807, 2.05) is 16.9 Å². The molecule has 0 unspecified atom stereocenters. The molecule has 4 rings (SSSR count). The van der Waals surface area contributed by atoms with Gasteiger partial charge in [-0.05, 0) is 33.1 Å². The van der Waals surface area contributed by atoms with Gasteiger partial charge in [-0.15, -0.1) is 0 Å². The van der Waals surface area contributed by atoms with Crippen molar-refractivity contribution in [2.45, 2.75) is 19.5 Å². The van der Waals surface area contributed by atoms with Crippen molar-refractivity contribution in [3.8, 4) is 0 Å². The molecule has 9 heteroatoms. The Morgan fingerprint density at radius 3 is 2.79 bits per heavy atom. The van der Waals surface area contributed by atoms with Gasteiger partial charge in [0.2, 0.25) is 5.95 Å². The number of aryl methyl sites for hydroxylation is 1. The van der Waals surface area contributed by atoms with E-state index < -0.39 is 0 Å². The zero-order chi connectivity index (χ0) is 20.2. The van der Waals surface area contributed by atoms with Gasteiger partial charge in [0.15, 0.2) is 5.65 Å². The first-order valence-electron chi connectivity index (χ1n) is 9.44. The van der Waals surface area contributed by atoms with Gasteiger partial charge in [0.1, 0.15) is 5.82 Å². The molecule has 3 aromatic heterocycles. The first-order valence-corrected chi connectivity index (χ1v) is 9.44.